The van der Waals surface area contributed by atoms with Crippen molar-refractivity contribution in [1.29, 1.82) is 0 Å². The van der Waals surface area contributed by atoms with E-state index in [1.54, 1.807) is 6.20 Å². The number of hydrogen-bond donors (Lipinski definition) is 0. The van der Waals surface area contributed by atoms with E-state index >= 15 is 0 Å². The molecule has 0 aliphatic heterocycles. The second kappa shape index (κ2) is 2.67. The van der Waals surface area contributed by atoms with Crippen molar-refractivity contribution in [2.75, 3.05) is 0 Å². The molecule has 0 amide bonds. The first-order valence-electron chi connectivity index (χ1n) is 4.31. The van der Waals surface area contributed by atoms with E-state index in [9.17, 15) is 0 Å². The molecule has 2 heteroatoms. The van der Waals surface area contributed by atoms with E-state index in [-0.39, 0.29) is 0 Å². The molecule has 0 unspecified atom stereocenters. The number of nitrogens with zero attached hydrogens (tertiary/aromatic N) is 2. The highest BCUT2D eigenvalue weighted by molar-refractivity contribution is 5.37. The molecule has 2 nitrogen and oxygen atoms in total. The summed E-state index contributed by atoms with van der Waals surface area (Å²) in [6.07, 6.45) is 11.0. The summed E-state index contributed by atoms with van der Waals surface area (Å²) >= 11 is 0. The van der Waals surface area contributed by atoms with E-state index in [2.05, 4.69) is 11.0 Å². The van der Waals surface area contributed by atoms with Crippen molar-refractivity contribution in [3.8, 4) is 12.3 Å². The fourth-order valence-corrected chi connectivity index (χ4v) is 1.72. The quantitative estimate of drug-likeness (QED) is 0.571. The second-order valence-electron chi connectivity index (χ2n) is 3.34. The summed E-state index contributed by atoms with van der Waals surface area (Å²) in [5.41, 5.74) is 2.23. The van der Waals surface area contributed by atoms with Crippen molar-refractivity contribution in [2.24, 2.45) is 7.05 Å². The van der Waals surface area contributed by atoms with Gasteiger partial charge in [0.2, 0.25) is 0 Å². The molecular formula is C10H12N2. The van der Waals surface area contributed by atoms with Gasteiger partial charge in [-0.2, -0.15) is 5.10 Å². The highest BCUT2D eigenvalue weighted by Crippen LogP contribution is 2.37. The molecule has 12 heavy (non-hydrogen) atoms. The van der Waals surface area contributed by atoms with E-state index in [1.807, 2.05) is 11.7 Å². The van der Waals surface area contributed by atoms with Crippen LogP contribution >= 0.6 is 0 Å². The Morgan fingerprint density at radius 3 is 2.92 bits per heavy atom. The van der Waals surface area contributed by atoms with Gasteiger partial charge in [0.15, 0.2) is 0 Å². The topological polar surface area (TPSA) is 17.8 Å². The van der Waals surface area contributed by atoms with Gasteiger partial charge in [-0.3, -0.25) is 4.68 Å². The fourth-order valence-electron chi connectivity index (χ4n) is 1.72. The maximum absolute atomic E-state index is 5.38. The minimum Gasteiger partial charge on any atom is -0.271 e. The van der Waals surface area contributed by atoms with E-state index < -0.39 is 0 Å². The Morgan fingerprint density at radius 2 is 2.42 bits per heavy atom. The SMILES string of the molecule is C#Cc1cnn(C)c1C1CCC1. The molecule has 1 aromatic heterocycles. The van der Waals surface area contributed by atoms with Crippen LogP contribution in [0.4, 0.5) is 0 Å². The number of terminal acetylenes is 1. The maximum atomic E-state index is 5.38. The molecular weight excluding hydrogens is 148 g/mol. The molecule has 1 heterocycles. The number of rotatable bonds is 1. The molecule has 1 fully saturated rings. The summed E-state index contributed by atoms with van der Waals surface area (Å²) in [5, 5.41) is 4.16. The Bertz CT molecular complexity index is 326. The molecule has 62 valence electrons. The summed E-state index contributed by atoms with van der Waals surface area (Å²) < 4.78 is 1.92. The van der Waals surface area contributed by atoms with Crippen LogP contribution in [-0.2, 0) is 7.05 Å². The smallest absolute Gasteiger partial charge is 0.0657 e. The fraction of sp³-hybridized carbons (Fsp3) is 0.500. The summed E-state index contributed by atoms with van der Waals surface area (Å²) in [4.78, 5) is 0. The lowest BCUT2D eigenvalue weighted by Crippen LogP contribution is -2.14. The van der Waals surface area contributed by atoms with Crippen LogP contribution in [0.15, 0.2) is 6.20 Å². The van der Waals surface area contributed by atoms with Crippen molar-refractivity contribution < 1.29 is 0 Å². The van der Waals surface area contributed by atoms with Crippen LogP contribution in [0, 0.1) is 12.3 Å². The number of hydrogen-bond acceptors (Lipinski definition) is 1. The van der Waals surface area contributed by atoms with Crippen molar-refractivity contribution in [2.45, 2.75) is 25.2 Å². The van der Waals surface area contributed by atoms with E-state index in [0.29, 0.717) is 5.92 Å². The molecule has 1 saturated carbocycles. The minimum atomic E-state index is 0.670. The van der Waals surface area contributed by atoms with Gasteiger partial charge in [0.1, 0.15) is 0 Å². The van der Waals surface area contributed by atoms with Crippen molar-refractivity contribution >= 4 is 0 Å². The van der Waals surface area contributed by atoms with Gasteiger partial charge in [-0.25, -0.2) is 0 Å². The molecule has 1 aromatic rings. The molecule has 0 bridgehead atoms. The highest BCUT2D eigenvalue weighted by atomic mass is 15.3. The van der Waals surface area contributed by atoms with E-state index in [0.717, 1.165) is 5.56 Å². The van der Waals surface area contributed by atoms with Crippen LogP contribution in [-0.4, -0.2) is 9.78 Å². The Labute approximate surface area is 72.6 Å². The van der Waals surface area contributed by atoms with Gasteiger partial charge in [-0.05, 0) is 12.8 Å². The summed E-state index contributed by atoms with van der Waals surface area (Å²) in [7, 11) is 1.97. The predicted molar refractivity (Wildman–Crippen MR) is 47.7 cm³/mol. The third-order valence-corrected chi connectivity index (χ3v) is 2.63. The molecule has 1 aliphatic rings. The Hall–Kier alpha value is -1.23. The largest absolute Gasteiger partial charge is 0.271 e. The zero-order valence-electron chi connectivity index (χ0n) is 7.25. The molecule has 1 aliphatic carbocycles. The molecule has 0 spiro atoms. The van der Waals surface area contributed by atoms with Gasteiger partial charge in [-0.15, -0.1) is 6.42 Å². The minimum absolute atomic E-state index is 0.670. The van der Waals surface area contributed by atoms with Gasteiger partial charge in [0.05, 0.1) is 17.5 Å². The molecule has 0 radical (unpaired) electrons. The first kappa shape index (κ1) is 7.42. The zero-order chi connectivity index (χ0) is 8.55. The Kier molecular flexibility index (Phi) is 1.65. The lowest BCUT2D eigenvalue weighted by Gasteiger charge is -2.25. The standard InChI is InChI=1S/C10H12N2/c1-3-8-7-11-12(2)10(8)9-5-4-6-9/h1,7,9H,4-6H2,2H3. The third-order valence-electron chi connectivity index (χ3n) is 2.63. The maximum Gasteiger partial charge on any atom is 0.0657 e. The van der Waals surface area contributed by atoms with Crippen molar-refractivity contribution in [1.82, 2.24) is 9.78 Å². The second-order valence-corrected chi connectivity index (χ2v) is 3.34. The lowest BCUT2D eigenvalue weighted by atomic mass is 9.81. The van der Waals surface area contributed by atoms with Gasteiger partial charge < -0.3 is 0 Å². The molecule has 2 rings (SSSR count). The summed E-state index contributed by atoms with van der Waals surface area (Å²) in [6, 6.07) is 0. The zero-order valence-corrected chi connectivity index (χ0v) is 7.25. The van der Waals surface area contributed by atoms with Crippen molar-refractivity contribution in [3.05, 3.63) is 17.5 Å². The van der Waals surface area contributed by atoms with E-state index in [4.69, 9.17) is 6.42 Å². The van der Waals surface area contributed by atoms with Crippen LogP contribution < -0.4 is 0 Å². The lowest BCUT2D eigenvalue weighted by molar-refractivity contribution is 0.396. The summed E-state index contributed by atoms with van der Waals surface area (Å²) in [6.45, 7) is 0. The van der Waals surface area contributed by atoms with Crippen LogP contribution in [0.25, 0.3) is 0 Å². The number of aryl methyl sites for hydroxylation is 1. The highest BCUT2D eigenvalue weighted by Gasteiger charge is 2.24. The van der Waals surface area contributed by atoms with Crippen LogP contribution in [0.2, 0.25) is 0 Å². The predicted octanol–water partition coefficient (Wildman–Crippen LogP) is 1.67. The first-order chi connectivity index (χ1) is 5.83. The number of aromatic nitrogens is 2. The van der Waals surface area contributed by atoms with Gasteiger partial charge in [0, 0.05) is 13.0 Å². The van der Waals surface area contributed by atoms with Crippen LogP contribution in [0.1, 0.15) is 36.4 Å². The molecule has 0 N–H and O–H groups in total. The van der Waals surface area contributed by atoms with E-state index in [1.165, 1.54) is 25.0 Å². The van der Waals surface area contributed by atoms with Gasteiger partial charge in [0.25, 0.3) is 0 Å². The van der Waals surface area contributed by atoms with Crippen LogP contribution in [0.5, 0.6) is 0 Å². The first-order valence-corrected chi connectivity index (χ1v) is 4.31. The normalized spacial score (nSPS) is 17.0. The Balaban J connectivity index is 2.39. The Morgan fingerprint density at radius 1 is 1.67 bits per heavy atom. The van der Waals surface area contributed by atoms with Crippen LogP contribution in [0.3, 0.4) is 0 Å². The van der Waals surface area contributed by atoms with Gasteiger partial charge >= 0.3 is 0 Å². The average molecular weight is 160 g/mol. The average Bonchev–Trinajstić information content (AvgIpc) is 2.30. The monoisotopic (exact) mass is 160 g/mol. The summed E-state index contributed by atoms with van der Waals surface area (Å²) in [5.74, 6) is 3.35. The molecule has 0 atom stereocenters. The van der Waals surface area contributed by atoms with Crippen molar-refractivity contribution in [3.63, 3.8) is 0 Å². The van der Waals surface area contributed by atoms with Gasteiger partial charge in [-0.1, -0.05) is 12.3 Å². The molecule has 0 saturated heterocycles. The molecule has 0 aromatic carbocycles. The third kappa shape index (κ3) is 0.937.